The fourth-order valence-corrected chi connectivity index (χ4v) is 5.27. The second-order valence-electron chi connectivity index (χ2n) is 10.4. The highest BCUT2D eigenvalue weighted by molar-refractivity contribution is 6.38. The number of nitrogens with zero attached hydrogens (tertiary/aromatic N) is 7. The van der Waals surface area contributed by atoms with E-state index in [0.29, 0.717) is 24.3 Å². The van der Waals surface area contributed by atoms with Crippen molar-refractivity contribution in [3.63, 3.8) is 0 Å². The minimum absolute atomic E-state index is 0.0334. The predicted molar refractivity (Wildman–Crippen MR) is 149 cm³/mol. The number of halogens is 2. The first-order valence-electron chi connectivity index (χ1n) is 12.5. The average molecular weight is 535 g/mol. The molecule has 0 aliphatic carbocycles. The van der Waals surface area contributed by atoms with Crippen LogP contribution in [0.3, 0.4) is 0 Å². The third-order valence-electron chi connectivity index (χ3n) is 7.00. The Morgan fingerprint density at radius 1 is 1.05 bits per heavy atom. The van der Waals surface area contributed by atoms with E-state index in [1.54, 1.807) is 6.07 Å². The van der Waals surface area contributed by atoms with Crippen molar-refractivity contribution < 1.29 is 9.18 Å². The van der Waals surface area contributed by atoms with Crippen LogP contribution in [-0.4, -0.2) is 72.0 Å². The van der Waals surface area contributed by atoms with Gasteiger partial charge in [0, 0.05) is 43.8 Å². The van der Waals surface area contributed by atoms with E-state index in [4.69, 9.17) is 21.6 Å². The summed E-state index contributed by atoms with van der Waals surface area (Å²) >= 11 is 6.35. The van der Waals surface area contributed by atoms with Gasteiger partial charge in [-0.1, -0.05) is 17.7 Å². The third kappa shape index (κ3) is 4.33. The molecule has 38 heavy (non-hydrogen) atoms. The number of anilines is 5. The molecule has 2 aromatic carbocycles. The molecular weight excluding hydrogens is 507 g/mol. The van der Waals surface area contributed by atoms with Gasteiger partial charge >= 0.3 is 0 Å². The molecule has 4 heterocycles. The van der Waals surface area contributed by atoms with Gasteiger partial charge in [0.05, 0.1) is 17.1 Å². The number of rotatable bonds is 4. The smallest absolute Gasteiger partial charge is 0.270 e. The molecule has 0 bridgehead atoms. The van der Waals surface area contributed by atoms with Crippen molar-refractivity contribution in [2.75, 3.05) is 59.8 Å². The van der Waals surface area contributed by atoms with Crippen molar-refractivity contribution >= 4 is 52.3 Å². The summed E-state index contributed by atoms with van der Waals surface area (Å²) in [6.45, 7) is 8.44. The Hall–Kier alpha value is -3.76. The van der Waals surface area contributed by atoms with E-state index in [2.05, 4.69) is 39.3 Å². The first kappa shape index (κ1) is 24.6. The highest BCUT2D eigenvalue weighted by Crippen LogP contribution is 2.39. The number of fused-ring (bicyclic) bond motifs is 3. The maximum Gasteiger partial charge on any atom is 0.270 e. The molecule has 0 radical (unpaired) electrons. The lowest BCUT2D eigenvalue weighted by atomic mass is 10.1. The zero-order valence-electron chi connectivity index (χ0n) is 21.4. The predicted octanol–water partition coefficient (Wildman–Crippen LogP) is 4.38. The van der Waals surface area contributed by atoms with Crippen molar-refractivity contribution in [2.24, 2.45) is 4.99 Å². The van der Waals surface area contributed by atoms with Gasteiger partial charge in [0.1, 0.15) is 17.1 Å². The number of benzene rings is 2. The van der Waals surface area contributed by atoms with Crippen LogP contribution in [0.5, 0.6) is 0 Å². The van der Waals surface area contributed by atoms with Gasteiger partial charge in [-0.05, 0) is 57.3 Å². The second kappa shape index (κ2) is 9.21. The van der Waals surface area contributed by atoms with Crippen molar-refractivity contribution in [3.8, 4) is 0 Å². The number of piperazine rings is 1. The van der Waals surface area contributed by atoms with Crippen molar-refractivity contribution in [1.82, 2.24) is 14.9 Å². The average Bonchev–Trinajstić information content (AvgIpc) is 3.22. The van der Waals surface area contributed by atoms with Gasteiger partial charge in [-0.15, -0.1) is 0 Å². The molecule has 6 rings (SSSR count). The largest absolute Gasteiger partial charge is 0.369 e. The molecule has 0 unspecified atom stereocenters. The van der Waals surface area contributed by atoms with Gasteiger partial charge in [0.15, 0.2) is 5.82 Å². The van der Waals surface area contributed by atoms with Gasteiger partial charge in [0.25, 0.3) is 5.91 Å². The summed E-state index contributed by atoms with van der Waals surface area (Å²) in [5.41, 5.74) is 1.70. The first-order valence-corrected chi connectivity index (χ1v) is 12.9. The third-order valence-corrected chi connectivity index (χ3v) is 7.30. The summed E-state index contributed by atoms with van der Waals surface area (Å²) in [6.07, 6.45) is 1.47. The lowest BCUT2D eigenvalue weighted by Gasteiger charge is -2.35. The van der Waals surface area contributed by atoms with E-state index in [1.807, 2.05) is 30.9 Å². The number of likely N-dealkylation sites (N-methyl/N-ethyl adjacent to an activating group) is 1. The van der Waals surface area contributed by atoms with E-state index in [1.165, 1.54) is 28.9 Å². The van der Waals surface area contributed by atoms with Crippen molar-refractivity contribution in [2.45, 2.75) is 19.4 Å². The summed E-state index contributed by atoms with van der Waals surface area (Å²) in [4.78, 5) is 35.2. The van der Waals surface area contributed by atoms with E-state index in [9.17, 15) is 9.18 Å². The maximum absolute atomic E-state index is 14.9. The molecule has 1 saturated heterocycles. The van der Waals surface area contributed by atoms with Gasteiger partial charge in [-0.25, -0.2) is 19.3 Å². The minimum atomic E-state index is -0.610. The van der Waals surface area contributed by atoms with E-state index in [-0.39, 0.29) is 16.3 Å². The Balaban J connectivity index is 1.31. The minimum Gasteiger partial charge on any atom is -0.369 e. The molecule has 3 aliphatic heterocycles. The quantitative estimate of drug-likeness (QED) is 0.532. The molecule has 1 fully saturated rings. The summed E-state index contributed by atoms with van der Waals surface area (Å²) < 4.78 is 14.9. The molecule has 1 N–H and O–H groups in total. The number of aliphatic imine (C=N–C) groups is 1. The first-order chi connectivity index (χ1) is 18.2. The van der Waals surface area contributed by atoms with Crippen LogP contribution in [0.15, 0.2) is 53.7 Å². The number of amides is 1. The highest BCUT2D eigenvalue weighted by atomic mass is 35.5. The molecule has 1 amide bonds. The van der Waals surface area contributed by atoms with Gasteiger partial charge in [-0.3, -0.25) is 9.69 Å². The van der Waals surface area contributed by atoms with E-state index >= 15 is 0 Å². The number of nitrogens with one attached hydrogen (secondary N) is 1. The van der Waals surface area contributed by atoms with Crippen molar-refractivity contribution in [1.29, 1.82) is 0 Å². The van der Waals surface area contributed by atoms with Crippen LogP contribution >= 0.6 is 11.6 Å². The monoisotopic (exact) mass is 534 g/mol. The number of hydrogen-bond donors (Lipinski definition) is 1. The van der Waals surface area contributed by atoms with Crippen LogP contribution in [0.2, 0.25) is 5.02 Å². The summed E-state index contributed by atoms with van der Waals surface area (Å²) in [7, 11) is 2.14. The molecule has 9 nitrogen and oxygen atoms in total. The molecular formula is C27H28ClFN8O. The zero-order valence-corrected chi connectivity index (χ0v) is 22.2. The number of hydrogen-bond acceptors (Lipinski definition) is 8. The Labute approximate surface area is 225 Å². The molecule has 3 aromatic rings. The van der Waals surface area contributed by atoms with Crippen LogP contribution < -0.4 is 20.0 Å². The normalized spacial score (nSPS) is 18.8. The molecule has 196 valence electrons. The molecule has 11 heteroatoms. The standard InChI is InChI=1S/C27H28ClFN8O/c1-27(2)16-36-23-19(24(38)37(26(36)33-27)22-20(28)5-4-6-21(22)29)15-30-25(32-23)31-17-7-9-18(10-8-17)35-13-11-34(3)12-14-35/h4-10,15H,11-14,16H2,1-3H3,(H,30,31,32). The second-order valence-corrected chi connectivity index (χ2v) is 10.8. The van der Waals surface area contributed by atoms with Crippen molar-refractivity contribution in [3.05, 3.63) is 65.1 Å². The van der Waals surface area contributed by atoms with Crippen LogP contribution in [0.25, 0.3) is 0 Å². The molecule has 0 saturated carbocycles. The van der Waals surface area contributed by atoms with Crippen LogP contribution in [0.1, 0.15) is 24.2 Å². The number of para-hydroxylation sites is 1. The van der Waals surface area contributed by atoms with Crippen LogP contribution in [0, 0.1) is 5.82 Å². The number of aromatic nitrogens is 2. The molecule has 1 aromatic heterocycles. The fourth-order valence-electron chi connectivity index (χ4n) is 5.02. The number of guanidine groups is 1. The molecule has 3 aliphatic rings. The topological polar surface area (TPSA) is 80.2 Å². The highest BCUT2D eigenvalue weighted by Gasteiger charge is 2.46. The van der Waals surface area contributed by atoms with Gasteiger partial charge in [-0.2, -0.15) is 4.98 Å². The summed E-state index contributed by atoms with van der Waals surface area (Å²) in [5.74, 6) is -0.0238. The molecule has 0 spiro atoms. The Morgan fingerprint density at radius 3 is 2.50 bits per heavy atom. The Bertz CT molecular complexity index is 1420. The lowest BCUT2D eigenvalue weighted by Crippen LogP contribution is -2.51. The summed E-state index contributed by atoms with van der Waals surface area (Å²) in [6, 6.07) is 12.5. The Kier molecular flexibility index (Phi) is 5.96. The SMILES string of the molecule is CN1CCN(c2ccc(Nc3ncc4c(n3)N3CC(C)(C)N=C3N(c3c(F)cccc3Cl)C4=O)cc2)CC1. The van der Waals surface area contributed by atoms with E-state index in [0.717, 1.165) is 31.9 Å². The van der Waals surface area contributed by atoms with Gasteiger partial charge in [0.2, 0.25) is 11.9 Å². The maximum atomic E-state index is 14.9. The van der Waals surface area contributed by atoms with Crippen LogP contribution in [-0.2, 0) is 0 Å². The molecule has 0 atom stereocenters. The zero-order chi connectivity index (χ0) is 26.6. The Morgan fingerprint density at radius 2 is 1.79 bits per heavy atom. The van der Waals surface area contributed by atoms with Gasteiger partial charge < -0.3 is 15.1 Å². The van der Waals surface area contributed by atoms with Crippen LogP contribution in [0.4, 0.5) is 33.2 Å². The van der Waals surface area contributed by atoms with E-state index < -0.39 is 17.3 Å². The fraction of sp³-hybridized carbons (Fsp3) is 0.333. The summed E-state index contributed by atoms with van der Waals surface area (Å²) in [5, 5.41) is 3.37. The number of carbonyl (C=O) groups excluding carboxylic acids is 1. The number of carbonyl (C=O) groups is 1. The lowest BCUT2D eigenvalue weighted by molar-refractivity contribution is 0.0999.